The van der Waals surface area contributed by atoms with Gasteiger partial charge in [-0.1, -0.05) is 25.1 Å². The molecule has 5 heteroatoms. The van der Waals surface area contributed by atoms with E-state index in [1.54, 1.807) is 0 Å². The fraction of sp³-hybridized carbons (Fsp3) is 0.250. The van der Waals surface area contributed by atoms with E-state index in [4.69, 9.17) is 12.2 Å². The van der Waals surface area contributed by atoms with Crippen LogP contribution in [0.1, 0.15) is 36.8 Å². The number of aromatic nitrogens is 1. The summed E-state index contributed by atoms with van der Waals surface area (Å²) in [5.41, 5.74) is 3.06. The van der Waals surface area contributed by atoms with Crippen LogP contribution in [0.5, 0.6) is 5.88 Å². The van der Waals surface area contributed by atoms with E-state index < -0.39 is 0 Å². The van der Waals surface area contributed by atoms with Crippen LogP contribution < -0.4 is 0 Å². The fourth-order valence-electron chi connectivity index (χ4n) is 2.35. The number of hydrogen-bond donors (Lipinski definition) is 1. The highest BCUT2D eigenvalue weighted by Gasteiger charge is 2.17. The maximum absolute atomic E-state index is 10.4. The van der Waals surface area contributed by atoms with Crippen molar-refractivity contribution in [2.45, 2.75) is 26.3 Å². The molecule has 0 aliphatic carbocycles. The maximum Gasteiger partial charge on any atom is 0.210 e. The Morgan fingerprint density at radius 1 is 1.43 bits per heavy atom. The quantitative estimate of drug-likeness (QED) is 0.789. The smallest absolute Gasteiger partial charge is 0.210 e. The van der Waals surface area contributed by atoms with Gasteiger partial charge in [-0.15, -0.1) is 11.3 Å². The molecule has 1 aliphatic heterocycles. The van der Waals surface area contributed by atoms with Gasteiger partial charge in [-0.2, -0.15) is 0 Å². The Labute approximate surface area is 132 Å². The summed E-state index contributed by atoms with van der Waals surface area (Å²) < 4.78 is 2.53. The highest BCUT2D eigenvalue weighted by molar-refractivity contribution is 7.73. The lowest BCUT2D eigenvalue weighted by atomic mass is 10.1. The Balaban J connectivity index is 2.07. The van der Waals surface area contributed by atoms with Crippen LogP contribution in [0.15, 0.2) is 29.3 Å². The molecule has 1 aromatic heterocycles. The van der Waals surface area contributed by atoms with Crippen molar-refractivity contribution in [2.75, 3.05) is 0 Å². The second-order valence-corrected chi connectivity index (χ2v) is 6.73. The van der Waals surface area contributed by atoms with Crippen molar-refractivity contribution in [2.24, 2.45) is 4.99 Å². The fourth-order valence-corrected chi connectivity index (χ4v) is 3.82. The van der Waals surface area contributed by atoms with Crippen molar-refractivity contribution in [3.05, 3.63) is 38.7 Å². The Morgan fingerprint density at radius 3 is 2.95 bits per heavy atom. The van der Waals surface area contributed by atoms with Gasteiger partial charge >= 0.3 is 0 Å². The van der Waals surface area contributed by atoms with E-state index in [0.717, 1.165) is 28.1 Å². The minimum absolute atomic E-state index is 0.199. The lowest BCUT2D eigenvalue weighted by molar-refractivity contribution is 0.384. The second kappa shape index (κ2) is 5.58. The van der Waals surface area contributed by atoms with Crippen LogP contribution in [-0.4, -0.2) is 15.9 Å². The lowest BCUT2D eigenvalue weighted by Gasteiger charge is -2.11. The van der Waals surface area contributed by atoms with Crippen molar-refractivity contribution in [1.29, 1.82) is 0 Å². The van der Waals surface area contributed by atoms with Gasteiger partial charge in [0.2, 0.25) is 5.88 Å². The van der Waals surface area contributed by atoms with Crippen molar-refractivity contribution >= 4 is 47.1 Å². The molecule has 0 spiro atoms. The summed E-state index contributed by atoms with van der Waals surface area (Å²) in [7, 11) is 0. The van der Waals surface area contributed by atoms with Crippen LogP contribution >= 0.6 is 23.6 Å². The Morgan fingerprint density at radius 2 is 2.19 bits per heavy atom. The lowest BCUT2D eigenvalue weighted by Crippen LogP contribution is -2.02. The van der Waals surface area contributed by atoms with Gasteiger partial charge in [-0.3, -0.25) is 9.56 Å². The molecule has 2 heterocycles. The zero-order chi connectivity index (χ0) is 15.0. The third-order valence-electron chi connectivity index (χ3n) is 3.72. The van der Waals surface area contributed by atoms with E-state index in [1.807, 2.05) is 41.1 Å². The first-order valence-electron chi connectivity index (χ1n) is 6.91. The van der Waals surface area contributed by atoms with Crippen LogP contribution in [0, 0.1) is 3.95 Å². The average Bonchev–Trinajstić information content (AvgIpc) is 3.01. The number of thiazole rings is 1. The molecule has 3 rings (SSSR count). The van der Waals surface area contributed by atoms with Gasteiger partial charge in [0.15, 0.2) is 3.95 Å². The molecule has 0 bridgehead atoms. The molecule has 0 saturated heterocycles. The van der Waals surface area contributed by atoms with Gasteiger partial charge in [0.05, 0.1) is 10.6 Å². The minimum Gasteiger partial charge on any atom is -0.493 e. The molecule has 108 valence electrons. The summed E-state index contributed by atoms with van der Waals surface area (Å²) in [6, 6.07) is 8.19. The van der Waals surface area contributed by atoms with E-state index in [9.17, 15) is 5.11 Å². The Hall–Kier alpha value is -1.72. The zero-order valence-electron chi connectivity index (χ0n) is 11.9. The van der Waals surface area contributed by atoms with Gasteiger partial charge in [-0.05, 0) is 37.7 Å². The molecule has 1 unspecified atom stereocenters. The number of para-hydroxylation sites is 1. The average molecular weight is 316 g/mol. The standard InChI is InChI=1S/C16H16N2OS2/c1-3-10(2)18-15(19)14(21-16(18)20)8-11-9-17-13-7-5-4-6-12(11)13/h4-10,19H,3H2,1-2H3/b11-8+. The first-order valence-corrected chi connectivity index (χ1v) is 8.13. The third kappa shape index (κ3) is 2.47. The van der Waals surface area contributed by atoms with Gasteiger partial charge < -0.3 is 5.11 Å². The van der Waals surface area contributed by atoms with Crippen LogP contribution in [0.4, 0.5) is 5.69 Å². The van der Waals surface area contributed by atoms with E-state index in [1.165, 1.54) is 11.3 Å². The van der Waals surface area contributed by atoms with Crippen LogP contribution in [0.3, 0.4) is 0 Å². The summed E-state index contributed by atoms with van der Waals surface area (Å²) in [6.45, 7) is 4.15. The molecule has 0 saturated carbocycles. The number of hydrogen-bond acceptors (Lipinski definition) is 4. The van der Waals surface area contributed by atoms with Crippen LogP contribution in [0.25, 0.3) is 11.6 Å². The number of fused-ring (bicyclic) bond motifs is 1. The molecule has 0 amide bonds. The maximum atomic E-state index is 10.4. The van der Waals surface area contributed by atoms with Gasteiger partial charge in [-0.25, -0.2) is 0 Å². The molecular weight excluding hydrogens is 300 g/mol. The van der Waals surface area contributed by atoms with E-state index >= 15 is 0 Å². The van der Waals surface area contributed by atoms with Crippen molar-refractivity contribution in [3.63, 3.8) is 0 Å². The monoisotopic (exact) mass is 316 g/mol. The molecule has 2 aromatic rings. The summed E-state index contributed by atoms with van der Waals surface area (Å²) in [4.78, 5) is 5.17. The summed E-state index contributed by atoms with van der Waals surface area (Å²) >= 11 is 6.82. The topological polar surface area (TPSA) is 37.5 Å². The van der Waals surface area contributed by atoms with E-state index in [2.05, 4.69) is 18.8 Å². The SMILES string of the molecule is CCC(C)n1c(O)c(/C=C2\C=Nc3ccccc32)sc1=S. The van der Waals surface area contributed by atoms with Crippen molar-refractivity contribution in [3.8, 4) is 5.88 Å². The van der Waals surface area contributed by atoms with Gasteiger partial charge in [0.25, 0.3) is 0 Å². The summed E-state index contributed by atoms with van der Waals surface area (Å²) in [5.74, 6) is 0.254. The molecule has 1 aliphatic rings. The molecule has 21 heavy (non-hydrogen) atoms. The molecule has 1 N–H and O–H groups in total. The molecule has 1 atom stereocenters. The highest BCUT2D eigenvalue weighted by atomic mass is 32.1. The van der Waals surface area contributed by atoms with Crippen LogP contribution in [-0.2, 0) is 0 Å². The number of allylic oxidation sites excluding steroid dienone is 1. The molecular formula is C16H16N2OS2. The number of aliphatic imine (C=N–C) groups is 1. The Kier molecular flexibility index (Phi) is 3.78. The van der Waals surface area contributed by atoms with Gasteiger partial charge in [0.1, 0.15) is 0 Å². The van der Waals surface area contributed by atoms with Crippen LogP contribution in [0.2, 0.25) is 0 Å². The largest absolute Gasteiger partial charge is 0.493 e. The molecule has 0 fully saturated rings. The second-order valence-electron chi connectivity index (χ2n) is 5.06. The van der Waals surface area contributed by atoms with E-state index in [-0.39, 0.29) is 11.9 Å². The van der Waals surface area contributed by atoms with Crippen molar-refractivity contribution in [1.82, 2.24) is 4.57 Å². The number of benzene rings is 1. The minimum atomic E-state index is 0.199. The summed E-state index contributed by atoms with van der Waals surface area (Å²) in [6.07, 6.45) is 4.73. The van der Waals surface area contributed by atoms with Gasteiger partial charge in [0, 0.05) is 23.4 Å². The third-order valence-corrected chi connectivity index (χ3v) is 5.06. The highest BCUT2D eigenvalue weighted by Crippen LogP contribution is 2.37. The first-order chi connectivity index (χ1) is 10.1. The number of nitrogens with zero attached hydrogens (tertiary/aromatic N) is 2. The normalized spacial score (nSPS) is 16.4. The predicted molar refractivity (Wildman–Crippen MR) is 92.3 cm³/mol. The van der Waals surface area contributed by atoms with E-state index in [0.29, 0.717) is 3.95 Å². The molecule has 3 nitrogen and oxygen atoms in total. The zero-order valence-corrected chi connectivity index (χ0v) is 13.5. The molecule has 1 aromatic carbocycles. The predicted octanol–water partition coefficient (Wildman–Crippen LogP) is 5.21. The summed E-state index contributed by atoms with van der Waals surface area (Å²) in [5, 5.41) is 10.4. The Bertz CT molecular complexity index is 799. The number of aromatic hydroxyl groups is 1. The number of rotatable bonds is 3. The van der Waals surface area contributed by atoms with Crippen molar-refractivity contribution < 1.29 is 5.11 Å². The first kappa shape index (κ1) is 14.2. The molecule has 0 radical (unpaired) electrons.